The number of nitrogens with zero attached hydrogens (tertiary/aromatic N) is 4. The molecular weight excluding hydrogens is 440 g/mol. The number of anilines is 1. The molecule has 10 nitrogen and oxygen atoms in total. The molecule has 3 N–H and O–H groups in total. The molecule has 31 heavy (non-hydrogen) atoms. The van der Waals surface area contributed by atoms with Gasteiger partial charge in [-0.25, -0.2) is 23.2 Å². The normalized spacial score (nSPS) is 16.5. The largest absolute Gasteiger partial charge is 0.326 e. The summed E-state index contributed by atoms with van der Waals surface area (Å²) in [5.41, 5.74) is 0.448. The lowest BCUT2D eigenvalue weighted by Gasteiger charge is -2.20. The molecule has 4 rings (SSSR count). The molecule has 3 heterocycles. The molecule has 0 saturated carbocycles. The quantitative estimate of drug-likeness (QED) is 0.562. The van der Waals surface area contributed by atoms with Gasteiger partial charge in [-0.15, -0.1) is 0 Å². The first-order chi connectivity index (χ1) is 14.4. The molecule has 0 aliphatic carbocycles. The summed E-state index contributed by atoms with van der Waals surface area (Å²) in [7, 11) is -3.80. The number of aromatic nitrogens is 4. The summed E-state index contributed by atoms with van der Waals surface area (Å²) >= 11 is 1.43. The minimum Gasteiger partial charge on any atom is -0.326 e. The highest BCUT2D eigenvalue weighted by Crippen LogP contribution is 2.34. The van der Waals surface area contributed by atoms with E-state index < -0.39 is 10.0 Å². The van der Waals surface area contributed by atoms with Gasteiger partial charge in [-0.2, -0.15) is 5.10 Å². The summed E-state index contributed by atoms with van der Waals surface area (Å²) in [5, 5.41) is 13.1. The number of sulfonamides is 1. The third-order valence-electron chi connectivity index (χ3n) is 4.89. The number of nitrogens with two attached hydrogens (primary N) is 1. The second-order valence-electron chi connectivity index (χ2n) is 8.32. The molecule has 0 bridgehead atoms. The maximum atomic E-state index is 13.1. The zero-order valence-electron chi connectivity index (χ0n) is 17.2. The number of thioether (sulfide) groups is 1. The van der Waals surface area contributed by atoms with Crippen molar-refractivity contribution in [2.45, 2.75) is 48.8 Å². The maximum absolute atomic E-state index is 13.1. The van der Waals surface area contributed by atoms with Gasteiger partial charge in [0.25, 0.3) is 5.56 Å². The molecule has 1 unspecified atom stereocenters. The van der Waals surface area contributed by atoms with Crippen molar-refractivity contribution in [3.63, 3.8) is 0 Å². The second kappa shape index (κ2) is 7.46. The van der Waals surface area contributed by atoms with Crippen molar-refractivity contribution in [3.05, 3.63) is 40.8 Å². The fourth-order valence-corrected chi connectivity index (χ4v) is 5.07. The van der Waals surface area contributed by atoms with E-state index in [2.05, 4.69) is 15.4 Å². The van der Waals surface area contributed by atoms with E-state index in [1.165, 1.54) is 42.2 Å². The molecule has 0 saturated heterocycles. The van der Waals surface area contributed by atoms with Crippen molar-refractivity contribution in [1.29, 1.82) is 0 Å². The number of hydrogen-bond donors (Lipinski definition) is 2. The maximum Gasteiger partial charge on any atom is 0.265 e. The predicted octanol–water partition coefficient (Wildman–Crippen LogP) is 1.67. The molecule has 2 aromatic heterocycles. The summed E-state index contributed by atoms with van der Waals surface area (Å²) in [6, 6.07) is 5.24. The van der Waals surface area contributed by atoms with E-state index in [0.29, 0.717) is 27.6 Å². The van der Waals surface area contributed by atoms with Gasteiger partial charge in [0, 0.05) is 17.9 Å². The Morgan fingerprint density at radius 2 is 1.97 bits per heavy atom. The standard InChI is InChI=1S/C19H22N6O4S2/c1-19(2,3)25-16-14(9-21-25)17(27)24-12(10-30-18(24)23-16)8-15(26)22-11-4-6-13(7-5-11)31(20,28)29/h4-7,9,12H,8,10H2,1-3H3,(H,22,26)(H2,20,28,29). The van der Waals surface area contributed by atoms with Crippen LogP contribution in [0.5, 0.6) is 0 Å². The Labute approximate surface area is 182 Å². The number of fused-ring (bicyclic) bond motifs is 2. The van der Waals surface area contributed by atoms with Gasteiger partial charge in [-0.05, 0) is 45.0 Å². The lowest BCUT2D eigenvalue weighted by Crippen LogP contribution is -2.29. The van der Waals surface area contributed by atoms with Crippen LogP contribution < -0.4 is 16.0 Å². The molecule has 1 aromatic carbocycles. The Morgan fingerprint density at radius 1 is 1.29 bits per heavy atom. The van der Waals surface area contributed by atoms with Gasteiger partial charge < -0.3 is 5.32 Å². The SMILES string of the molecule is CC(C)(C)n1ncc2c(=O)n3c(nc21)SCC3CC(=O)Nc1ccc(S(N)(=O)=O)cc1. The van der Waals surface area contributed by atoms with Crippen LogP contribution in [0.4, 0.5) is 5.69 Å². The summed E-state index contributed by atoms with van der Waals surface area (Å²) in [5.74, 6) is 0.259. The lowest BCUT2D eigenvalue weighted by molar-refractivity contribution is -0.116. The van der Waals surface area contributed by atoms with Crippen LogP contribution in [0.1, 0.15) is 33.2 Å². The zero-order chi connectivity index (χ0) is 22.6. The zero-order valence-corrected chi connectivity index (χ0v) is 18.8. The number of benzene rings is 1. The number of amides is 1. The van der Waals surface area contributed by atoms with Crippen molar-refractivity contribution in [2.75, 3.05) is 11.1 Å². The number of primary sulfonamides is 1. The van der Waals surface area contributed by atoms with Crippen molar-refractivity contribution in [1.82, 2.24) is 19.3 Å². The van der Waals surface area contributed by atoms with E-state index in [9.17, 15) is 18.0 Å². The van der Waals surface area contributed by atoms with E-state index in [-0.39, 0.29) is 34.4 Å². The Bertz CT molecular complexity index is 1340. The number of nitrogens with one attached hydrogen (secondary N) is 1. The highest BCUT2D eigenvalue weighted by molar-refractivity contribution is 7.99. The van der Waals surface area contributed by atoms with Crippen LogP contribution in [-0.4, -0.2) is 39.4 Å². The Kier molecular flexibility index (Phi) is 5.18. The predicted molar refractivity (Wildman–Crippen MR) is 118 cm³/mol. The van der Waals surface area contributed by atoms with Gasteiger partial charge in [0.15, 0.2) is 10.8 Å². The van der Waals surface area contributed by atoms with Crippen molar-refractivity contribution in [3.8, 4) is 0 Å². The average molecular weight is 463 g/mol. The van der Waals surface area contributed by atoms with Gasteiger partial charge in [0.05, 0.1) is 22.7 Å². The molecule has 1 aliphatic heterocycles. The molecule has 1 atom stereocenters. The van der Waals surface area contributed by atoms with Crippen molar-refractivity contribution < 1.29 is 13.2 Å². The van der Waals surface area contributed by atoms with Gasteiger partial charge >= 0.3 is 0 Å². The molecule has 0 fully saturated rings. The van der Waals surface area contributed by atoms with Gasteiger partial charge in [-0.3, -0.25) is 14.2 Å². The van der Waals surface area contributed by atoms with Crippen LogP contribution in [0, 0.1) is 0 Å². The highest BCUT2D eigenvalue weighted by atomic mass is 32.2. The average Bonchev–Trinajstić information content (AvgIpc) is 3.26. The van der Waals surface area contributed by atoms with Crippen molar-refractivity contribution >= 4 is 44.4 Å². The first-order valence-corrected chi connectivity index (χ1v) is 12.0. The number of carbonyl (C=O) groups is 1. The van der Waals surface area contributed by atoms with Crippen molar-refractivity contribution in [2.24, 2.45) is 5.14 Å². The van der Waals surface area contributed by atoms with Crippen LogP contribution in [0.3, 0.4) is 0 Å². The van der Waals surface area contributed by atoms with Gasteiger partial charge in [-0.1, -0.05) is 11.8 Å². The van der Waals surface area contributed by atoms with E-state index in [0.717, 1.165) is 0 Å². The molecule has 164 valence electrons. The summed E-state index contributed by atoms with van der Waals surface area (Å²) in [4.78, 5) is 30.3. The summed E-state index contributed by atoms with van der Waals surface area (Å²) in [6.45, 7) is 5.96. The molecule has 3 aromatic rings. The van der Waals surface area contributed by atoms with E-state index >= 15 is 0 Å². The molecule has 12 heteroatoms. The van der Waals surface area contributed by atoms with E-state index in [1.54, 1.807) is 9.25 Å². The third-order valence-corrected chi connectivity index (χ3v) is 6.92. The van der Waals surface area contributed by atoms with Crippen LogP contribution in [0.2, 0.25) is 0 Å². The number of carbonyl (C=O) groups excluding carboxylic acids is 1. The Hall–Kier alpha value is -2.70. The summed E-state index contributed by atoms with van der Waals surface area (Å²) in [6.07, 6.45) is 1.60. The fraction of sp³-hybridized carbons (Fsp3) is 0.368. The smallest absolute Gasteiger partial charge is 0.265 e. The van der Waals surface area contributed by atoms with E-state index in [1.807, 2.05) is 20.8 Å². The molecular formula is C19H22N6O4S2. The van der Waals surface area contributed by atoms with Crippen LogP contribution in [-0.2, 0) is 20.4 Å². The topological polar surface area (TPSA) is 142 Å². The minimum atomic E-state index is -3.80. The van der Waals surface area contributed by atoms with Crippen LogP contribution >= 0.6 is 11.8 Å². The summed E-state index contributed by atoms with van der Waals surface area (Å²) < 4.78 is 26.0. The van der Waals surface area contributed by atoms with Crippen LogP contribution in [0.25, 0.3) is 11.0 Å². The molecule has 1 amide bonds. The third kappa shape index (κ3) is 4.10. The van der Waals surface area contributed by atoms with E-state index in [4.69, 9.17) is 5.14 Å². The minimum absolute atomic E-state index is 0.0379. The Morgan fingerprint density at radius 3 is 2.58 bits per heavy atom. The van der Waals surface area contributed by atoms with Gasteiger partial charge in [0.1, 0.15) is 5.39 Å². The highest BCUT2D eigenvalue weighted by Gasteiger charge is 2.30. The van der Waals surface area contributed by atoms with Gasteiger partial charge in [0.2, 0.25) is 15.9 Å². The number of rotatable bonds is 4. The lowest BCUT2D eigenvalue weighted by atomic mass is 10.1. The fourth-order valence-electron chi connectivity index (χ4n) is 3.43. The first kappa shape index (κ1) is 21.5. The molecule has 0 radical (unpaired) electrons. The Balaban J connectivity index is 1.56. The monoisotopic (exact) mass is 462 g/mol. The number of hydrogen-bond acceptors (Lipinski definition) is 7. The molecule has 1 aliphatic rings. The van der Waals surface area contributed by atoms with Crippen LogP contribution in [0.15, 0.2) is 45.3 Å². The first-order valence-electron chi connectivity index (χ1n) is 9.51. The second-order valence-corrected chi connectivity index (χ2v) is 10.9. The molecule has 0 spiro atoms.